The minimum absolute atomic E-state index is 0.0925. The van der Waals surface area contributed by atoms with Crippen LogP contribution in [0.4, 0.5) is 4.79 Å². The number of pyridine rings is 1. The first kappa shape index (κ1) is 17.1. The topological polar surface area (TPSA) is 78.0 Å². The van der Waals surface area contributed by atoms with Crippen molar-refractivity contribution in [2.45, 2.75) is 45.4 Å². The number of hydrogen-bond acceptors (Lipinski definition) is 6. The molecule has 0 aromatic carbocycles. The number of carbonyl (C=O) groups excluding carboxylic acids is 2. The molecule has 7 heteroatoms. The highest BCUT2D eigenvalue weighted by molar-refractivity contribution is 5.87. The Labute approximate surface area is 135 Å². The van der Waals surface area contributed by atoms with Crippen LogP contribution >= 0.6 is 0 Å². The molecule has 2 heterocycles. The minimum atomic E-state index is -0.517. The van der Waals surface area contributed by atoms with E-state index in [1.807, 2.05) is 27.7 Å². The lowest BCUT2D eigenvalue weighted by Gasteiger charge is -2.45. The predicted molar refractivity (Wildman–Crippen MR) is 82.4 cm³/mol. The summed E-state index contributed by atoms with van der Waals surface area (Å²) in [5.41, 5.74) is -0.298. The largest absolute Gasteiger partial charge is 0.485 e. The Balaban J connectivity index is 1.89. The molecule has 1 aliphatic heterocycles. The Hall–Kier alpha value is -2.31. The van der Waals surface area contributed by atoms with E-state index in [0.717, 1.165) is 0 Å². The highest BCUT2D eigenvalue weighted by Gasteiger charge is 2.42. The summed E-state index contributed by atoms with van der Waals surface area (Å²) in [7, 11) is 1.30. The first-order valence-electron chi connectivity index (χ1n) is 7.42. The smallest absolute Gasteiger partial charge is 0.410 e. The van der Waals surface area contributed by atoms with E-state index in [9.17, 15) is 9.59 Å². The van der Waals surface area contributed by atoms with Gasteiger partial charge in [-0.05, 0) is 39.8 Å². The molecule has 0 aliphatic carbocycles. The van der Waals surface area contributed by atoms with Gasteiger partial charge in [0.05, 0.1) is 25.9 Å². The van der Waals surface area contributed by atoms with Crippen LogP contribution in [0.3, 0.4) is 0 Å². The molecule has 23 heavy (non-hydrogen) atoms. The molecule has 7 nitrogen and oxygen atoms in total. The molecule has 0 spiro atoms. The summed E-state index contributed by atoms with van der Waals surface area (Å²) in [4.78, 5) is 28.9. The summed E-state index contributed by atoms with van der Waals surface area (Å²) in [5, 5.41) is 0. The second-order valence-corrected chi connectivity index (χ2v) is 6.40. The highest BCUT2D eigenvalue weighted by atomic mass is 16.6. The number of ether oxygens (including phenoxy) is 3. The average Bonchev–Trinajstić information content (AvgIpc) is 2.48. The molecule has 1 amide bonds. The summed E-state index contributed by atoms with van der Waals surface area (Å²) in [5.74, 6) is 0.0444. The van der Waals surface area contributed by atoms with Gasteiger partial charge in [-0.25, -0.2) is 14.6 Å². The predicted octanol–water partition coefficient (Wildman–Crippen LogP) is 2.25. The average molecular weight is 322 g/mol. The molecule has 0 radical (unpaired) electrons. The Morgan fingerprint density at radius 2 is 2.00 bits per heavy atom. The van der Waals surface area contributed by atoms with Crippen molar-refractivity contribution in [1.82, 2.24) is 9.88 Å². The number of esters is 1. The summed E-state index contributed by atoms with van der Waals surface area (Å²) < 4.78 is 15.7. The molecular formula is C16H22N2O5. The van der Waals surface area contributed by atoms with Crippen LogP contribution in [0.25, 0.3) is 0 Å². The molecule has 1 aromatic heterocycles. The van der Waals surface area contributed by atoms with Crippen LogP contribution < -0.4 is 4.74 Å². The lowest BCUT2D eigenvalue weighted by molar-refractivity contribution is -0.0537. The molecule has 126 valence electrons. The molecule has 0 unspecified atom stereocenters. The van der Waals surface area contributed by atoms with Crippen LogP contribution in [0, 0.1) is 0 Å². The van der Waals surface area contributed by atoms with Gasteiger partial charge in [0.25, 0.3) is 0 Å². The highest BCUT2D eigenvalue weighted by Crippen LogP contribution is 2.25. The maximum absolute atomic E-state index is 12.0. The maximum Gasteiger partial charge on any atom is 0.410 e. The van der Waals surface area contributed by atoms with E-state index in [1.165, 1.54) is 19.4 Å². The van der Waals surface area contributed by atoms with Gasteiger partial charge in [0.1, 0.15) is 23.1 Å². The van der Waals surface area contributed by atoms with E-state index in [1.54, 1.807) is 11.0 Å². The van der Waals surface area contributed by atoms with Gasteiger partial charge in [-0.2, -0.15) is 0 Å². The first-order valence-corrected chi connectivity index (χ1v) is 7.42. The summed E-state index contributed by atoms with van der Waals surface area (Å²) in [6.45, 7) is 7.84. The minimum Gasteiger partial charge on any atom is -0.485 e. The van der Waals surface area contributed by atoms with Crippen molar-refractivity contribution in [3.05, 3.63) is 24.0 Å². The van der Waals surface area contributed by atoms with Crippen LogP contribution in [0.2, 0.25) is 0 Å². The number of nitrogens with zero attached hydrogens (tertiary/aromatic N) is 2. The van der Waals surface area contributed by atoms with E-state index in [2.05, 4.69) is 9.72 Å². The Kier molecular flexibility index (Phi) is 4.77. The fraction of sp³-hybridized carbons (Fsp3) is 0.562. The number of hydrogen-bond donors (Lipinski definition) is 0. The maximum atomic E-state index is 12.0. The zero-order valence-corrected chi connectivity index (χ0v) is 14.0. The molecule has 1 aliphatic rings. The molecule has 2 atom stereocenters. The lowest BCUT2D eigenvalue weighted by atomic mass is 10.0. The number of carbonyl (C=O) groups is 2. The Morgan fingerprint density at radius 3 is 2.48 bits per heavy atom. The molecule has 1 saturated heterocycles. The number of methoxy groups -OCH3 is 1. The fourth-order valence-corrected chi connectivity index (χ4v) is 2.12. The third-order valence-corrected chi connectivity index (χ3v) is 3.45. The van der Waals surface area contributed by atoms with Crippen molar-refractivity contribution in [1.29, 1.82) is 0 Å². The van der Waals surface area contributed by atoms with Gasteiger partial charge in [-0.3, -0.25) is 4.90 Å². The number of rotatable bonds is 3. The molecule has 0 N–H and O–H groups in total. The first-order chi connectivity index (χ1) is 10.7. The fourth-order valence-electron chi connectivity index (χ4n) is 2.12. The van der Waals surface area contributed by atoms with E-state index in [4.69, 9.17) is 9.47 Å². The van der Waals surface area contributed by atoms with E-state index in [0.29, 0.717) is 12.3 Å². The van der Waals surface area contributed by atoms with Crippen molar-refractivity contribution in [3.8, 4) is 5.75 Å². The number of amides is 1. The van der Waals surface area contributed by atoms with Crippen LogP contribution in [0.1, 0.15) is 38.2 Å². The monoisotopic (exact) mass is 322 g/mol. The number of aromatic nitrogens is 1. The second-order valence-electron chi connectivity index (χ2n) is 6.40. The zero-order chi connectivity index (χ0) is 17.2. The SMILES string of the molecule is COC(=O)c1ccc(O[C@@H]2CN(C(=O)OC(C)(C)C)[C@@H]2C)cn1. The summed E-state index contributed by atoms with van der Waals surface area (Å²) in [6, 6.07) is 3.10. The zero-order valence-electron chi connectivity index (χ0n) is 14.0. The molecule has 0 bridgehead atoms. The van der Waals surface area contributed by atoms with E-state index >= 15 is 0 Å². The molecule has 1 fully saturated rings. The van der Waals surface area contributed by atoms with Gasteiger partial charge < -0.3 is 14.2 Å². The van der Waals surface area contributed by atoms with Crippen molar-refractivity contribution in [2.75, 3.05) is 13.7 Å². The normalized spacial score (nSPS) is 20.5. The Morgan fingerprint density at radius 1 is 1.30 bits per heavy atom. The molecule has 2 rings (SSSR count). The summed E-state index contributed by atoms with van der Waals surface area (Å²) >= 11 is 0. The van der Waals surface area contributed by atoms with Crippen molar-refractivity contribution < 1.29 is 23.8 Å². The van der Waals surface area contributed by atoms with Crippen LogP contribution in [-0.4, -0.2) is 53.3 Å². The van der Waals surface area contributed by atoms with Crippen molar-refractivity contribution in [2.24, 2.45) is 0 Å². The Bertz CT molecular complexity index is 579. The molecule has 0 saturated carbocycles. The van der Waals surface area contributed by atoms with Gasteiger partial charge in [-0.1, -0.05) is 0 Å². The van der Waals surface area contributed by atoms with Gasteiger partial charge in [0, 0.05) is 0 Å². The van der Waals surface area contributed by atoms with Crippen LogP contribution in [0.5, 0.6) is 5.75 Å². The standard InChI is InChI=1S/C16H22N2O5/c1-10-13(9-18(10)15(20)23-16(2,3)4)22-11-6-7-12(17-8-11)14(19)21-5/h6-8,10,13H,9H2,1-5H3/t10-,13-/m1/s1. The van der Waals surface area contributed by atoms with Gasteiger partial charge in [0.15, 0.2) is 0 Å². The second kappa shape index (κ2) is 6.44. The lowest BCUT2D eigenvalue weighted by Crippen LogP contribution is -2.63. The van der Waals surface area contributed by atoms with Gasteiger partial charge in [0.2, 0.25) is 0 Å². The third kappa shape index (κ3) is 4.12. The third-order valence-electron chi connectivity index (χ3n) is 3.45. The van der Waals surface area contributed by atoms with Crippen LogP contribution in [0.15, 0.2) is 18.3 Å². The summed E-state index contributed by atoms with van der Waals surface area (Å²) in [6.07, 6.45) is 0.993. The van der Waals surface area contributed by atoms with E-state index < -0.39 is 11.6 Å². The number of likely N-dealkylation sites (tertiary alicyclic amines) is 1. The molecular weight excluding hydrogens is 300 g/mol. The van der Waals surface area contributed by atoms with Crippen molar-refractivity contribution in [3.63, 3.8) is 0 Å². The molecule has 1 aromatic rings. The van der Waals surface area contributed by atoms with Gasteiger partial charge >= 0.3 is 12.1 Å². The quantitative estimate of drug-likeness (QED) is 0.794. The van der Waals surface area contributed by atoms with Crippen LogP contribution in [-0.2, 0) is 9.47 Å². The van der Waals surface area contributed by atoms with Crippen molar-refractivity contribution >= 4 is 12.1 Å². The van der Waals surface area contributed by atoms with E-state index in [-0.39, 0.29) is 23.9 Å². The van der Waals surface area contributed by atoms with Gasteiger partial charge in [-0.15, -0.1) is 0 Å².